The Morgan fingerprint density at radius 2 is 1.93 bits per heavy atom. The number of hydrogen-bond acceptors (Lipinski definition) is 3. The maximum atomic E-state index is 5.78. The summed E-state index contributed by atoms with van der Waals surface area (Å²) in [6.45, 7) is 9.52. The fourth-order valence-corrected chi connectivity index (χ4v) is 1.80. The van der Waals surface area contributed by atoms with Crippen molar-refractivity contribution in [2.45, 2.75) is 52.6 Å². The molecular weight excluding hydrogens is 178 g/mol. The summed E-state index contributed by atoms with van der Waals surface area (Å²) < 4.78 is 11.4. The van der Waals surface area contributed by atoms with E-state index in [2.05, 4.69) is 26.1 Å². The largest absolute Gasteiger partial charge is 0.349 e. The predicted molar refractivity (Wildman–Crippen MR) is 57.2 cm³/mol. The van der Waals surface area contributed by atoms with Crippen molar-refractivity contribution in [2.75, 3.05) is 13.6 Å². The topological polar surface area (TPSA) is 30.5 Å². The Morgan fingerprint density at radius 1 is 1.29 bits per heavy atom. The maximum absolute atomic E-state index is 5.78. The molecule has 0 aromatic rings. The molecule has 2 unspecified atom stereocenters. The lowest BCUT2D eigenvalue weighted by Crippen LogP contribution is -2.45. The van der Waals surface area contributed by atoms with Crippen LogP contribution < -0.4 is 5.32 Å². The highest BCUT2D eigenvalue weighted by Crippen LogP contribution is 2.31. The second-order valence-corrected chi connectivity index (χ2v) is 5.11. The van der Waals surface area contributed by atoms with Crippen LogP contribution in [0, 0.1) is 5.41 Å². The molecule has 0 aromatic heterocycles. The van der Waals surface area contributed by atoms with Crippen LogP contribution in [0.4, 0.5) is 0 Å². The van der Waals surface area contributed by atoms with Crippen LogP contribution in [0.2, 0.25) is 0 Å². The van der Waals surface area contributed by atoms with Crippen LogP contribution in [0.5, 0.6) is 0 Å². The summed E-state index contributed by atoms with van der Waals surface area (Å²) in [4.78, 5) is 0. The maximum Gasteiger partial charge on any atom is 0.155 e. The van der Waals surface area contributed by atoms with Gasteiger partial charge in [0.2, 0.25) is 0 Å². The number of rotatable bonds is 2. The van der Waals surface area contributed by atoms with Gasteiger partial charge in [0, 0.05) is 13.0 Å². The van der Waals surface area contributed by atoms with Crippen LogP contribution in [0.25, 0.3) is 0 Å². The van der Waals surface area contributed by atoms with E-state index in [9.17, 15) is 0 Å². The molecule has 1 rings (SSSR count). The summed E-state index contributed by atoms with van der Waals surface area (Å²) in [5.74, 6) is 0. The fraction of sp³-hybridized carbons (Fsp3) is 1.00. The summed E-state index contributed by atoms with van der Waals surface area (Å²) >= 11 is 0. The van der Waals surface area contributed by atoms with Crippen molar-refractivity contribution in [3.63, 3.8) is 0 Å². The molecule has 3 nitrogen and oxygen atoms in total. The van der Waals surface area contributed by atoms with Gasteiger partial charge in [0.05, 0.1) is 12.2 Å². The molecule has 0 aromatic carbocycles. The number of hydrogen-bond donors (Lipinski definition) is 1. The molecule has 1 N–H and O–H groups in total. The van der Waals surface area contributed by atoms with Gasteiger partial charge in [-0.2, -0.15) is 0 Å². The second kappa shape index (κ2) is 4.60. The molecule has 0 radical (unpaired) electrons. The Kier molecular flexibility index (Phi) is 3.93. The highest BCUT2D eigenvalue weighted by atomic mass is 16.7. The van der Waals surface area contributed by atoms with E-state index < -0.39 is 0 Å². The summed E-state index contributed by atoms with van der Waals surface area (Å²) in [6, 6.07) is 0. The van der Waals surface area contributed by atoms with Crippen molar-refractivity contribution in [3.8, 4) is 0 Å². The molecule has 1 saturated heterocycles. The SMILES string of the molecule is CNCC1C[C@@H](C(C)(C)C)OC(C)O1. The Hall–Kier alpha value is -0.120. The minimum absolute atomic E-state index is 0.0775. The summed E-state index contributed by atoms with van der Waals surface area (Å²) in [5, 5.41) is 3.15. The first-order valence-electron chi connectivity index (χ1n) is 5.39. The number of nitrogens with one attached hydrogen (secondary N) is 1. The van der Waals surface area contributed by atoms with E-state index in [1.165, 1.54) is 0 Å². The van der Waals surface area contributed by atoms with Gasteiger partial charge in [0.15, 0.2) is 6.29 Å². The van der Waals surface area contributed by atoms with Crippen LogP contribution in [-0.2, 0) is 9.47 Å². The normalized spacial score (nSPS) is 34.5. The first-order valence-corrected chi connectivity index (χ1v) is 5.39. The van der Waals surface area contributed by atoms with Gasteiger partial charge >= 0.3 is 0 Å². The fourth-order valence-electron chi connectivity index (χ4n) is 1.80. The highest BCUT2D eigenvalue weighted by molar-refractivity contribution is 4.81. The van der Waals surface area contributed by atoms with Crippen molar-refractivity contribution in [2.24, 2.45) is 5.41 Å². The van der Waals surface area contributed by atoms with E-state index >= 15 is 0 Å². The molecule has 1 aliphatic rings. The molecule has 0 bridgehead atoms. The lowest BCUT2D eigenvalue weighted by Gasteiger charge is -2.40. The third-order valence-corrected chi connectivity index (χ3v) is 2.61. The van der Waals surface area contributed by atoms with Crippen molar-refractivity contribution in [1.82, 2.24) is 5.32 Å². The van der Waals surface area contributed by atoms with E-state index in [1.54, 1.807) is 0 Å². The summed E-state index contributed by atoms with van der Waals surface area (Å²) in [5.41, 5.74) is 0.198. The van der Waals surface area contributed by atoms with E-state index in [-0.39, 0.29) is 17.8 Å². The van der Waals surface area contributed by atoms with E-state index in [1.807, 2.05) is 14.0 Å². The molecular formula is C11H23NO2. The molecule has 3 atom stereocenters. The van der Waals surface area contributed by atoms with Gasteiger partial charge < -0.3 is 14.8 Å². The molecule has 1 aliphatic heterocycles. The average Bonchev–Trinajstić information content (AvgIpc) is 2.02. The third kappa shape index (κ3) is 3.23. The quantitative estimate of drug-likeness (QED) is 0.738. The zero-order chi connectivity index (χ0) is 10.8. The van der Waals surface area contributed by atoms with E-state index in [0.29, 0.717) is 6.10 Å². The van der Waals surface area contributed by atoms with Gasteiger partial charge in [-0.25, -0.2) is 0 Å². The smallest absolute Gasteiger partial charge is 0.155 e. The Balaban J connectivity index is 2.54. The van der Waals surface area contributed by atoms with Crippen LogP contribution in [0.15, 0.2) is 0 Å². The summed E-state index contributed by atoms with van der Waals surface area (Å²) in [6.07, 6.45) is 1.48. The first kappa shape index (κ1) is 12.0. The molecule has 0 aliphatic carbocycles. The van der Waals surface area contributed by atoms with Gasteiger partial charge in [0.25, 0.3) is 0 Å². The molecule has 0 saturated carbocycles. The molecule has 1 fully saturated rings. The van der Waals surface area contributed by atoms with Gasteiger partial charge in [-0.15, -0.1) is 0 Å². The van der Waals surface area contributed by atoms with Gasteiger partial charge in [0.1, 0.15) is 0 Å². The monoisotopic (exact) mass is 201 g/mol. The molecule has 0 amide bonds. The lowest BCUT2D eigenvalue weighted by atomic mass is 9.85. The van der Waals surface area contributed by atoms with Crippen LogP contribution >= 0.6 is 0 Å². The van der Waals surface area contributed by atoms with Crippen LogP contribution in [0.3, 0.4) is 0 Å². The summed E-state index contributed by atoms with van der Waals surface area (Å²) in [7, 11) is 1.95. The van der Waals surface area contributed by atoms with E-state index in [0.717, 1.165) is 13.0 Å². The average molecular weight is 201 g/mol. The van der Waals surface area contributed by atoms with Crippen molar-refractivity contribution < 1.29 is 9.47 Å². The molecule has 1 heterocycles. The number of likely N-dealkylation sites (N-methyl/N-ethyl adjacent to an activating group) is 1. The van der Waals surface area contributed by atoms with Crippen LogP contribution in [0.1, 0.15) is 34.1 Å². The molecule has 84 valence electrons. The molecule has 0 spiro atoms. The molecule has 14 heavy (non-hydrogen) atoms. The molecule has 3 heteroatoms. The lowest BCUT2D eigenvalue weighted by molar-refractivity contribution is -0.252. The Bertz CT molecular complexity index is 177. The van der Waals surface area contributed by atoms with Gasteiger partial charge in [-0.1, -0.05) is 20.8 Å². The van der Waals surface area contributed by atoms with Crippen molar-refractivity contribution >= 4 is 0 Å². The first-order chi connectivity index (χ1) is 6.43. The highest BCUT2D eigenvalue weighted by Gasteiger charge is 2.34. The van der Waals surface area contributed by atoms with Gasteiger partial charge in [-0.3, -0.25) is 0 Å². The zero-order valence-corrected chi connectivity index (χ0v) is 9.96. The third-order valence-electron chi connectivity index (χ3n) is 2.61. The Morgan fingerprint density at radius 3 is 2.43 bits per heavy atom. The Labute approximate surface area is 87.2 Å². The second-order valence-electron chi connectivity index (χ2n) is 5.11. The van der Waals surface area contributed by atoms with Gasteiger partial charge in [-0.05, 0) is 19.4 Å². The van der Waals surface area contributed by atoms with Crippen molar-refractivity contribution in [3.05, 3.63) is 0 Å². The van der Waals surface area contributed by atoms with Crippen molar-refractivity contribution in [1.29, 1.82) is 0 Å². The predicted octanol–water partition coefficient (Wildman–Crippen LogP) is 1.77. The number of ether oxygens (including phenoxy) is 2. The standard InChI is InChI=1S/C11H23NO2/c1-8-13-9(7-12-5)6-10(14-8)11(2,3)4/h8-10,12H,6-7H2,1-5H3/t8?,9?,10-/m0/s1. The van der Waals surface area contributed by atoms with Crippen LogP contribution in [-0.4, -0.2) is 32.1 Å². The minimum atomic E-state index is -0.0775. The minimum Gasteiger partial charge on any atom is -0.349 e. The van der Waals surface area contributed by atoms with E-state index in [4.69, 9.17) is 9.47 Å². The zero-order valence-electron chi connectivity index (χ0n) is 9.96.